The van der Waals surface area contributed by atoms with Gasteiger partial charge in [0.25, 0.3) is 0 Å². The Bertz CT molecular complexity index is 1430. The highest BCUT2D eigenvalue weighted by Gasteiger charge is 2.18. The zero-order valence-electron chi connectivity index (χ0n) is 16.7. The highest BCUT2D eigenvalue weighted by atomic mass is 19.2. The van der Waals surface area contributed by atoms with Crippen molar-refractivity contribution in [2.45, 2.75) is 13.3 Å². The molecule has 4 aromatic carbocycles. The summed E-state index contributed by atoms with van der Waals surface area (Å²) in [6.45, 7) is 1.90. The quantitative estimate of drug-likeness (QED) is 0.174. The van der Waals surface area contributed by atoms with E-state index < -0.39 is 40.3 Å². The molecule has 0 bridgehead atoms. The van der Waals surface area contributed by atoms with Crippen molar-refractivity contribution in [2.24, 2.45) is 0 Å². The monoisotopic (exact) mass is 440 g/mol. The highest BCUT2D eigenvalue weighted by Crippen LogP contribution is 2.32. The van der Waals surface area contributed by atoms with Crippen LogP contribution in [0.5, 0.6) is 0 Å². The largest absolute Gasteiger partial charge is 0.206 e. The normalized spacial score (nSPS) is 10.8. The Kier molecular flexibility index (Phi) is 5.67. The zero-order chi connectivity index (χ0) is 23.0. The van der Waals surface area contributed by atoms with Crippen LogP contribution in [0.3, 0.4) is 0 Å². The molecule has 0 unspecified atom stereocenters. The van der Waals surface area contributed by atoms with Gasteiger partial charge in [0, 0.05) is 11.1 Å². The summed E-state index contributed by atoms with van der Waals surface area (Å²) in [4.78, 5) is 0. The minimum absolute atomic E-state index is 0.0126. The lowest BCUT2D eigenvalue weighted by atomic mass is 9.98. The van der Waals surface area contributed by atoms with Crippen molar-refractivity contribution >= 4 is 10.8 Å². The maximum Gasteiger partial charge on any atom is 0.195 e. The summed E-state index contributed by atoms with van der Waals surface area (Å²) in [7, 11) is 0. The number of aryl methyl sites for hydroxylation is 1. The molecule has 0 aromatic heterocycles. The Morgan fingerprint density at radius 3 is 2.12 bits per heavy atom. The van der Waals surface area contributed by atoms with Gasteiger partial charge in [0.1, 0.15) is 17.5 Å². The van der Waals surface area contributed by atoms with Gasteiger partial charge in [-0.25, -0.2) is 26.3 Å². The predicted octanol–water partition coefficient (Wildman–Crippen LogP) is 7.30. The molecule has 0 atom stereocenters. The molecule has 160 valence electrons. The Balaban J connectivity index is 1.72. The van der Waals surface area contributed by atoms with Crippen LogP contribution in [0, 0.1) is 46.7 Å². The van der Waals surface area contributed by atoms with Crippen molar-refractivity contribution in [2.75, 3.05) is 0 Å². The van der Waals surface area contributed by atoms with E-state index in [9.17, 15) is 26.3 Å². The Labute approximate surface area is 180 Å². The van der Waals surface area contributed by atoms with E-state index >= 15 is 0 Å². The number of rotatable bonds is 2. The van der Waals surface area contributed by atoms with E-state index in [1.165, 1.54) is 24.3 Å². The Hall–Kier alpha value is -3.72. The molecule has 0 amide bonds. The molecule has 4 aromatic rings. The molecule has 0 nitrogen and oxygen atoms in total. The van der Waals surface area contributed by atoms with Crippen LogP contribution in [0.2, 0.25) is 0 Å². The summed E-state index contributed by atoms with van der Waals surface area (Å²) in [6.07, 6.45) is 0.681. The van der Waals surface area contributed by atoms with Gasteiger partial charge in [0.05, 0.1) is 10.9 Å². The maximum absolute atomic E-state index is 14.7. The zero-order valence-corrected chi connectivity index (χ0v) is 16.7. The molecule has 0 aliphatic carbocycles. The van der Waals surface area contributed by atoms with Gasteiger partial charge in [-0.1, -0.05) is 30.9 Å². The molecule has 6 heteroatoms. The summed E-state index contributed by atoms with van der Waals surface area (Å²) < 4.78 is 84.1. The van der Waals surface area contributed by atoms with Crippen LogP contribution in [0.15, 0.2) is 54.6 Å². The van der Waals surface area contributed by atoms with Crippen molar-refractivity contribution in [3.63, 3.8) is 0 Å². The fourth-order valence-electron chi connectivity index (χ4n) is 3.39. The van der Waals surface area contributed by atoms with Gasteiger partial charge in [0.2, 0.25) is 0 Å². The first-order valence-electron chi connectivity index (χ1n) is 9.65. The molecule has 0 N–H and O–H groups in total. The molecule has 0 aliphatic rings. The van der Waals surface area contributed by atoms with E-state index in [2.05, 4.69) is 11.8 Å². The van der Waals surface area contributed by atoms with Gasteiger partial charge < -0.3 is 0 Å². The molecule has 0 saturated carbocycles. The second-order valence-electron chi connectivity index (χ2n) is 7.15. The van der Waals surface area contributed by atoms with Gasteiger partial charge in [-0.05, 0) is 65.4 Å². The molecule has 0 spiro atoms. The predicted molar refractivity (Wildman–Crippen MR) is 111 cm³/mol. The standard InChI is InChI=1S/C26H14F6/c1-2-14-3-6-16(20(27)9-14)7-4-15-5-8-19(21(28)10-15)17-11-18-13-23(30)25(31)26(32)24(18)22(29)12-17/h3,5-6,8-13H,2H2,1H3. The van der Waals surface area contributed by atoms with Crippen LogP contribution < -0.4 is 0 Å². The topological polar surface area (TPSA) is 0 Å². The SMILES string of the molecule is CCc1ccc(C#Cc2ccc(-c3cc(F)c4c(F)c(F)c(F)cc4c3)c(F)c2)c(F)c1. The summed E-state index contributed by atoms with van der Waals surface area (Å²) >= 11 is 0. The molecule has 0 heterocycles. The average molecular weight is 440 g/mol. The van der Waals surface area contributed by atoms with E-state index in [4.69, 9.17) is 0 Å². The molecule has 0 radical (unpaired) electrons. The summed E-state index contributed by atoms with van der Waals surface area (Å²) in [5.74, 6) is -1.96. The number of halogens is 6. The van der Waals surface area contributed by atoms with Crippen LogP contribution in [-0.4, -0.2) is 0 Å². The fraction of sp³-hybridized carbons (Fsp3) is 0.0769. The third-order valence-corrected chi connectivity index (χ3v) is 5.09. The van der Waals surface area contributed by atoms with Gasteiger partial charge in [-0.2, -0.15) is 0 Å². The van der Waals surface area contributed by atoms with Crippen LogP contribution in [0.1, 0.15) is 23.6 Å². The van der Waals surface area contributed by atoms with E-state index in [1.807, 2.05) is 6.92 Å². The number of hydrogen-bond acceptors (Lipinski definition) is 0. The third-order valence-electron chi connectivity index (χ3n) is 5.09. The fourth-order valence-corrected chi connectivity index (χ4v) is 3.39. The third kappa shape index (κ3) is 3.94. The molecular formula is C26H14F6. The lowest BCUT2D eigenvalue weighted by Crippen LogP contribution is -1.96. The van der Waals surface area contributed by atoms with Gasteiger partial charge in [-0.15, -0.1) is 0 Å². The van der Waals surface area contributed by atoms with E-state index in [0.29, 0.717) is 12.5 Å². The highest BCUT2D eigenvalue weighted by molar-refractivity contribution is 5.88. The molecule has 0 saturated heterocycles. The summed E-state index contributed by atoms with van der Waals surface area (Å²) in [5, 5.41) is -0.961. The minimum Gasteiger partial charge on any atom is -0.206 e. The summed E-state index contributed by atoms with van der Waals surface area (Å²) in [5.41, 5.74) is 1.22. The first-order chi connectivity index (χ1) is 15.3. The van der Waals surface area contributed by atoms with Crippen LogP contribution in [-0.2, 0) is 6.42 Å². The first kappa shape index (κ1) is 21.5. The van der Waals surface area contributed by atoms with Gasteiger partial charge >= 0.3 is 0 Å². The minimum atomic E-state index is -1.78. The number of hydrogen-bond donors (Lipinski definition) is 0. The lowest BCUT2D eigenvalue weighted by molar-refractivity contribution is 0.451. The van der Waals surface area contributed by atoms with Crippen molar-refractivity contribution in [3.8, 4) is 23.0 Å². The lowest BCUT2D eigenvalue weighted by Gasteiger charge is -2.09. The molecule has 0 aliphatic heterocycles. The second-order valence-corrected chi connectivity index (χ2v) is 7.15. The van der Waals surface area contributed by atoms with Gasteiger partial charge in [0.15, 0.2) is 17.5 Å². The van der Waals surface area contributed by atoms with Crippen molar-refractivity contribution in [1.29, 1.82) is 0 Å². The van der Waals surface area contributed by atoms with Crippen LogP contribution in [0.4, 0.5) is 26.3 Å². The molecular weight excluding hydrogens is 426 g/mol. The van der Waals surface area contributed by atoms with Crippen molar-refractivity contribution < 1.29 is 26.3 Å². The number of benzene rings is 4. The average Bonchev–Trinajstić information content (AvgIpc) is 2.76. The molecule has 0 fully saturated rings. The van der Waals surface area contributed by atoms with Crippen molar-refractivity contribution in [3.05, 3.63) is 106 Å². The smallest absolute Gasteiger partial charge is 0.195 e. The van der Waals surface area contributed by atoms with Gasteiger partial charge in [-0.3, -0.25) is 0 Å². The Morgan fingerprint density at radius 2 is 1.44 bits per heavy atom. The Morgan fingerprint density at radius 1 is 0.656 bits per heavy atom. The number of fused-ring (bicyclic) bond motifs is 1. The molecule has 4 rings (SSSR count). The van der Waals surface area contributed by atoms with Crippen LogP contribution in [0.25, 0.3) is 21.9 Å². The van der Waals surface area contributed by atoms with Crippen molar-refractivity contribution in [1.82, 2.24) is 0 Å². The maximum atomic E-state index is 14.7. The van der Waals surface area contributed by atoms with E-state index in [-0.39, 0.29) is 27.6 Å². The van der Waals surface area contributed by atoms with Crippen LogP contribution >= 0.6 is 0 Å². The van der Waals surface area contributed by atoms with E-state index in [1.54, 1.807) is 12.1 Å². The van der Waals surface area contributed by atoms with E-state index in [0.717, 1.165) is 17.7 Å². The second kappa shape index (κ2) is 8.43. The molecule has 32 heavy (non-hydrogen) atoms. The first-order valence-corrected chi connectivity index (χ1v) is 9.65. The summed E-state index contributed by atoms with van der Waals surface area (Å²) in [6, 6.07) is 11.2.